The summed E-state index contributed by atoms with van der Waals surface area (Å²) in [5.41, 5.74) is 0.367. The Balaban J connectivity index is 1.87. The van der Waals surface area contributed by atoms with Crippen molar-refractivity contribution in [1.82, 2.24) is 5.32 Å². The van der Waals surface area contributed by atoms with Crippen molar-refractivity contribution < 1.29 is 22.7 Å². The SMILES string of the molecule is Cc1c(F)cccc1NC(=O)Nc1ccc(Cl)c(S(=O)(=O)C2CCNC2)c1O. The number of carbonyl (C=O) groups excluding carboxylic acids is 1. The van der Waals surface area contributed by atoms with Gasteiger partial charge in [0.2, 0.25) is 0 Å². The highest BCUT2D eigenvalue weighted by Crippen LogP contribution is 2.39. The van der Waals surface area contributed by atoms with Gasteiger partial charge in [-0.15, -0.1) is 0 Å². The summed E-state index contributed by atoms with van der Waals surface area (Å²) in [6.07, 6.45) is 0.398. The summed E-state index contributed by atoms with van der Waals surface area (Å²) in [5.74, 6) is -1.11. The van der Waals surface area contributed by atoms with Gasteiger partial charge in [0.05, 0.1) is 16.0 Å². The average molecular weight is 428 g/mol. The third-order valence-electron chi connectivity index (χ3n) is 4.59. The Morgan fingerprint density at radius 2 is 1.96 bits per heavy atom. The summed E-state index contributed by atoms with van der Waals surface area (Å²) in [5, 5.41) is 17.4. The molecule has 1 fully saturated rings. The number of nitrogens with one attached hydrogen (secondary N) is 3. The van der Waals surface area contributed by atoms with E-state index in [1.807, 2.05) is 0 Å². The third-order valence-corrected chi connectivity index (χ3v) is 7.28. The molecule has 1 unspecified atom stereocenters. The van der Waals surface area contributed by atoms with Gasteiger partial charge in [-0.25, -0.2) is 17.6 Å². The van der Waals surface area contributed by atoms with Crippen LogP contribution in [0.5, 0.6) is 5.75 Å². The molecule has 2 amide bonds. The molecule has 1 saturated heterocycles. The number of amides is 2. The van der Waals surface area contributed by atoms with Gasteiger partial charge in [0.1, 0.15) is 10.7 Å². The molecule has 7 nitrogen and oxygen atoms in total. The number of phenolic OH excluding ortho intramolecular Hbond substituents is 1. The lowest BCUT2D eigenvalue weighted by Gasteiger charge is -2.16. The number of hydrogen-bond acceptors (Lipinski definition) is 5. The normalized spacial score (nSPS) is 16.8. The quantitative estimate of drug-likeness (QED) is 0.560. The minimum atomic E-state index is -3.90. The third kappa shape index (κ3) is 3.91. The fraction of sp³-hybridized carbons (Fsp3) is 0.278. The van der Waals surface area contributed by atoms with Gasteiger partial charge >= 0.3 is 6.03 Å². The summed E-state index contributed by atoms with van der Waals surface area (Å²) in [6.45, 7) is 2.32. The summed E-state index contributed by atoms with van der Waals surface area (Å²) < 4.78 is 39.3. The van der Waals surface area contributed by atoms with Crippen molar-refractivity contribution in [2.24, 2.45) is 0 Å². The minimum Gasteiger partial charge on any atom is -0.504 e. The standard InChI is InChI=1S/C18H19ClFN3O4S/c1-10-13(20)3-2-4-14(10)22-18(25)23-15-6-5-12(19)17(16(15)24)28(26,27)11-7-8-21-9-11/h2-6,11,21,24H,7-9H2,1H3,(H2,22,23,25). The van der Waals surface area contributed by atoms with Crippen LogP contribution in [0.25, 0.3) is 0 Å². The maximum atomic E-state index is 13.6. The van der Waals surface area contributed by atoms with E-state index in [1.54, 1.807) is 0 Å². The Morgan fingerprint density at radius 1 is 1.25 bits per heavy atom. The summed E-state index contributed by atoms with van der Waals surface area (Å²) in [4.78, 5) is 11.8. The summed E-state index contributed by atoms with van der Waals surface area (Å²) in [6, 6.07) is 6.04. The molecule has 2 aromatic rings. The molecule has 1 heterocycles. The molecule has 0 bridgehead atoms. The molecule has 4 N–H and O–H groups in total. The molecular formula is C18H19ClFN3O4S. The second-order valence-electron chi connectivity index (χ2n) is 6.42. The first kappa shape index (κ1) is 20.4. The summed E-state index contributed by atoms with van der Waals surface area (Å²) >= 11 is 6.04. The molecule has 0 radical (unpaired) electrons. The van der Waals surface area contributed by atoms with E-state index in [1.165, 1.54) is 37.3 Å². The van der Waals surface area contributed by atoms with Crippen LogP contribution in [0.1, 0.15) is 12.0 Å². The van der Waals surface area contributed by atoms with Crippen molar-refractivity contribution >= 4 is 38.8 Å². The van der Waals surface area contributed by atoms with Gasteiger partial charge in [-0.1, -0.05) is 17.7 Å². The van der Waals surface area contributed by atoms with Crippen molar-refractivity contribution in [3.05, 3.63) is 46.7 Å². The van der Waals surface area contributed by atoms with Crippen LogP contribution in [0, 0.1) is 12.7 Å². The van der Waals surface area contributed by atoms with Gasteiger partial charge in [-0.3, -0.25) is 0 Å². The van der Waals surface area contributed by atoms with Crippen molar-refractivity contribution in [2.45, 2.75) is 23.5 Å². The predicted molar refractivity (Wildman–Crippen MR) is 105 cm³/mol. The molecule has 0 spiro atoms. The topological polar surface area (TPSA) is 108 Å². The maximum absolute atomic E-state index is 13.6. The van der Waals surface area contributed by atoms with Gasteiger partial charge in [0.25, 0.3) is 0 Å². The smallest absolute Gasteiger partial charge is 0.323 e. The van der Waals surface area contributed by atoms with Crippen molar-refractivity contribution in [1.29, 1.82) is 0 Å². The van der Waals surface area contributed by atoms with Crippen LogP contribution in [-0.4, -0.2) is 37.9 Å². The molecule has 2 aromatic carbocycles. The molecule has 28 heavy (non-hydrogen) atoms. The Labute approximate surface area is 166 Å². The zero-order chi connectivity index (χ0) is 20.5. The Kier molecular flexibility index (Phi) is 5.78. The highest BCUT2D eigenvalue weighted by molar-refractivity contribution is 7.92. The molecule has 0 aromatic heterocycles. The second-order valence-corrected chi connectivity index (χ2v) is 9.00. The lowest BCUT2D eigenvalue weighted by Crippen LogP contribution is -2.25. The molecular weight excluding hydrogens is 409 g/mol. The van der Waals surface area contributed by atoms with E-state index in [0.717, 1.165) is 0 Å². The fourth-order valence-corrected chi connectivity index (χ4v) is 5.29. The van der Waals surface area contributed by atoms with E-state index < -0.39 is 37.6 Å². The van der Waals surface area contributed by atoms with Gasteiger partial charge in [-0.05, 0) is 44.2 Å². The van der Waals surface area contributed by atoms with Crippen molar-refractivity contribution in [2.75, 3.05) is 23.7 Å². The van der Waals surface area contributed by atoms with E-state index in [2.05, 4.69) is 16.0 Å². The number of hydrogen-bond donors (Lipinski definition) is 4. The van der Waals surface area contributed by atoms with Gasteiger partial charge < -0.3 is 21.1 Å². The van der Waals surface area contributed by atoms with Crippen molar-refractivity contribution in [3.63, 3.8) is 0 Å². The second kappa shape index (κ2) is 7.94. The first-order valence-electron chi connectivity index (χ1n) is 8.51. The number of halogens is 2. The zero-order valence-corrected chi connectivity index (χ0v) is 16.5. The number of phenols is 1. The largest absolute Gasteiger partial charge is 0.504 e. The predicted octanol–water partition coefficient (Wildman–Crippen LogP) is 3.27. The first-order chi connectivity index (χ1) is 13.2. The Morgan fingerprint density at radius 3 is 2.64 bits per heavy atom. The van der Waals surface area contributed by atoms with Crippen LogP contribution in [0.3, 0.4) is 0 Å². The van der Waals surface area contributed by atoms with Crippen LogP contribution >= 0.6 is 11.6 Å². The number of anilines is 2. The fourth-order valence-electron chi connectivity index (χ4n) is 3.00. The van der Waals surface area contributed by atoms with E-state index in [9.17, 15) is 22.7 Å². The molecule has 1 aliphatic heterocycles. The number of sulfone groups is 1. The van der Waals surface area contributed by atoms with Gasteiger partial charge in [-0.2, -0.15) is 0 Å². The van der Waals surface area contributed by atoms with Crippen LogP contribution in [0.15, 0.2) is 35.2 Å². The number of aromatic hydroxyl groups is 1. The summed E-state index contributed by atoms with van der Waals surface area (Å²) in [7, 11) is -3.90. The van der Waals surface area contributed by atoms with E-state index in [4.69, 9.17) is 11.6 Å². The Bertz CT molecular complexity index is 1020. The van der Waals surface area contributed by atoms with E-state index in [-0.39, 0.29) is 28.5 Å². The van der Waals surface area contributed by atoms with Crippen LogP contribution < -0.4 is 16.0 Å². The number of benzene rings is 2. The lowest BCUT2D eigenvalue weighted by atomic mass is 10.2. The number of rotatable bonds is 4. The van der Waals surface area contributed by atoms with Crippen LogP contribution in [-0.2, 0) is 9.84 Å². The first-order valence-corrected chi connectivity index (χ1v) is 10.4. The van der Waals surface area contributed by atoms with E-state index in [0.29, 0.717) is 13.0 Å². The van der Waals surface area contributed by atoms with Gasteiger partial charge in [0.15, 0.2) is 15.6 Å². The highest BCUT2D eigenvalue weighted by atomic mass is 35.5. The minimum absolute atomic E-state index is 0.125. The molecule has 1 aliphatic rings. The molecule has 10 heteroatoms. The molecule has 0 saturated carbocycles. The molecule has 1 atom stereocenters. The Hall–Kier alpha value is -2.36. The lowest BCUT2D eigenvalue weighted by molar-refractivity contribution is 0.262. The monoisotopic (exact) mass is 427 g/mol. The average Bonchev–Trinajstić information content (AvgIpc) is 3.17. The van der Waals surface area contributed by atoms with Crippen LogP contribution in [0.4, 0.5) is 20.6 Å². The zero-order valence-electron chi connectivity index (χ0n) is 14.9. The maximum Gasteiger partial charge on any atom is 0.323 e. The number of carbonyl (C=O) groups is 1. The highest BCUT2D eigenvalue weighted by Gasteiger charge is 2.35. The molecule has 3 rings (SSSR count). The molecule has 150 valence electrons. The molecule has 0 aliphatic carbocycles. The van der Waals surface area contributed by atoms with Crippen LogP contribution in [0.2, 0.25) is 5.02 Å². The van der Waals surface area contributed by atoms with Crippen molar-refractivity contribution in [3.8, 4) is 5.75 Å². The van der Waals surface area contributed by atoms with Gasteiger partial charge in [0, 0.05) is 17.8 Å². The number of urea groups is 1. The van der Waals surface area contributed by atoms with E-state index >= 15 is 0 Å².